The van der Waals surface area contributed by atoms with Crippen molar-refractivity contribution in [2.45, 2.75) is 39.2 Å². The van der Waals surface area contributed by atoms with E-state index in [9.17, 15) is 0 Å². The van der Waals surface area contributed by atoms with E-state index in [1.54, 1.807) is 0 Å². The normalized spacial score (nSPS) is 16.7. The average molecular weight is 325 g/mol. The molecule has 0 aromatic heterocycles. The van der Waals surface area contributed by atoms with Crippen LogP contribution in [0.5, 0.6) is 0 Å². The summed E-state index contributed by atoms with van der Waals surface area (Å²) in [4.78, 5) is 2.60. The summed E-state index contributed by atoms with van der Waals surface area (Å²) in [5, 5.41) is 3.55. The highest BCUT2D eigenvalue weighted by Gasteiger charge is 2.08. The third-order valence-corrected chi connectivity index (χ3v) is 5.00. The highest BCUT2D eigenvalue weighted by Crippen LogP contribution is 2.20. The van der Waals surface area contributed by atoms with Gasteiger partial charge in [0.15, 0.2) is 0 Å². The Hall–Kier alpha value is -0.380. The van der Waals surface area contributed by atoms with Crippen molar-refractivity contribution < 1.29 is 0 Å². The van der Waals surface area contributed by atoms with Gasteiger partial charge in [0.1, 0.15) is 0 Å². The zero-order chi connectivity index (χ0) is 13.5. The molecule has 0 amide bonds. The SMILES string of the molecule is Cc1cccc(CNCCCN2CCCCC2)c1Br. The molecule has 0 bridgehead atoms. The quantitative estimate of drug-likeness (QED) is 0.802. The van der Waals surface area contributed by atoms with Crippen LogP contribution in [0.1, 0.15) is 36.8 Å². The van der Waals surface area contributed by atoms with Gasteiger partial charge in [-0.1, -0.05) is 40.5 Å². The molecule has 19 heavy (non-hydrogen) atoms. The zero-order valence-corrected chi connectivity index (χ0v) is 13.5. The minimum atomic E-state index is 0.961. The molecule has 2 nitrogen and oxygen atoms in total. The van der Waals surface area contributed by atoms with Crippen LogP contribution >= 0.6 is 15.9 Å². The molecule has 2 rings (SSSR count). The van der Waals surface area contributed by atoms with Gasteiger partial charge in [0.05, 0.1) is 0 Å². The Morgan fingerprint density at radius 2 is 2.00 bits per heavy atom. The molecule has 1 fully saturated rings. The molecule has 1 heterocycles. The third-order valence-electron chi connectivity index (χ3n) is 3.86. The van der Waals surface area contributed by atoms with Crippen molar-refractivity contribution in [3.63, 3.8) is 0 Å². The Morgan fingerprint density at radius 1 is 1.21 bits per heavy atom. The van der Waals surface area contributed by atoms with Gasteiger partial charge in [0.2, 0.25) is 0 Å². The first-order valence-electron chi connectivity index (χ1n) is 7.44. The Balaban J connectivity index is 1.62. The number of nitrogens with zero attached hydrogens (tertiary/aromatic N) is 1. The fourth-order valence-corrected chi connectivity index (χ4v) is 3.08. The maximum atomic E-state index is 3.66. The molecule has 0 aliphatic carbocycles. The van der Waals surface area contributed by atoms with Gasteiger partial charge in [0.25, 0.3) is 0 Å². The van der Waals surface area contributed by atoms with Crippen molar-refractivity contribution in [3.8, 4) is 0 Å². The Morgan fingerprint density at radius 3 is 2.79 bits per heavy atom. The Bertz CT molecular complexity index is 386. The number of nitrogens with one attached hydrogen (secondary N) is 1. The van der Waals surface area contributed by atoms with E-state index < -0.39 is 0 Å². The van der Waals surface area contributed by atoms with E-state index in [1.807, 2.05) is 0 Å². The Labute approximate surface area is 125 Å². The fourth-order valence-electron chi connectivity index (χ4n) is 2.68. The highest BCUT2D eigenvalue weighted by molar-refractivity contribution is 9.10. The third kappa shape index (κ3) is 4.90. The summed E-state index contributed by atoms with van der Waals surface area (Å²) in [7, 11) is 0. The van der Waals surface area contributed by atoms with Crippen LogP contribution in [0, 0.1) is 6.92 Å². The lowest BCUT2D eigenvalue weighted by Gasteiger charge is -2.26. The lowest BCUT2D eigenvalue weighted by atomic mass is 10.1. The number of benzene rings is 1. The fraction of sp³-hybridized carbons (Fsp3) is 0.625. The van der Waals surface area contributed by atoms with Crippen LogP contribution in [0.2, 0.25) is 0 Å². The van der Waals surface area contributed by atoms with Gasteiger partial charge in [-0.05, 0) is 63.5 Å². The molecule has 1 aromatic rings. The second-order valence-corrected chi connectivity index (χ2v) is 6.27. The zero-order valence-electron chi connectivity index (χ0n) is 11.9. The predicted molar refractivity (Wildman–Crippen MR) is 85.5 cm³/mol. The van der Waals surface area contributed by atoms with Crippen LogP contribution in [0.3, 0.4) is 0 Å². The van der Waals surface area contributed by atoms with E-state index >= 15 is 0 Å². The topological polar surface area (TPSA) is 15.3 Å². The van der Waals surface area contributed by atoms with Gasteiger partial charge in [-0.2, -0.15) is 0 Å². The average Bonchev–Trinajstić information content (AvgIpc) is 2.44. The highest BCUT2D eigenvalue weighted by atomic mass is 79.9. The summed E-state index contributed by atoms with van der Waals surface area (Å²) >= 11 is 3.66. The van der Waals surface area contributed by atoms with Crippen LogP contribution in [-0.2, 0) is 6.54 Å². The smallest absolute Gasteiger partial charge is 0.0249 e. The molecule has 1 aromatic carbocycles. The Kier molecular flexibility index (Phi) is 6.35. The van der Waals surface area contributed by atoms with Crippen molar-refractivity contribution >= 4 is 15.9 Å². The van der Waals surface area contributed by atoms with Gasteiger partial charge in [-0.25, -0.2) is 0 Å². The summed E-state index contributed by atoms with van der Waals surface area (Å²) < 4.78 is 1.25. The largest absolute Gasteiger partial charge is 0.313 e. The van der Waals surface area contributed by atoms with Crippen LogP contribution in [0.25, 0.3) is 0 Å². The van der Waals surface area contributed by atoms with E-state index in [4.69, 9.17) is 0 Å². The monoisotopic (exact) mass is 324 g/mol. The van der Waals surface area contributed by atoms with Gasteiger partial charge in [-0.3, -0.25) is 0 Å². The molecular weight excluding hydrogens is 300 g/mol. The second kappa shape index (κ2) is 8.03. The predicted octanol–water partition coefficient (Wildman–Crippen LogP) is 3.72. The molecule has 106 valence electrons. The number of hydrogen-bond acceptors (Lipinski definition) is 2. The number of piperidine rings is 1. The van der Waals surface area contributed by atoms with Gasteiger partial charge >= 0.3 is 0 Å². The van der Waals surface area contributed by atoms with Crippen molar-refractivity contribution in [1.29, 1.82) is 0 Å². The first-order chi connectivity index (χ1) is 9.27. The standard InChI is InChI=1S/C16H25BrN2/c1-14-7-5-8-15(16(14)17)13-18-9-6-12-19-10-3-2-4-11-19/h5,7-8,18H,2-4,6,9-13H2,1H3. The van der Waals surface area contributed by atoms with E-state index in [1.165, 1.54) is 60.9 Å². The molecule has 3 heteroatoms. The number of halogens is 1. The van der Waals surface area contributed by atoms with Gasteiger partial charge in [-0.15, -0.1) is 0 Å². The summed E-state index contributed by atoms with van der Waals surface area (Å²) in [6, 6.07) is 6.46. The van der Waals surface area contributed by atoms with Crippen LogP contribution in [0.15, 0.2) is 22.7 Å². The van der Waals surface area contributed by atoms with E-state index in [0.29, 0.717) is 0 Å². The molecule has 0 unspecified atom stereocenters. The molecule has 1 aliphatic heterocycles. The van der Waals surface area contributed by atoms with Crippen LogP contribution in [-0.4, -0.2) is 31.1 Å². The minimum Gasteiger partial charge on any atom is -0.313 e. The van der Waals surface area contributed by atoms with Gasteiger partial charge in [0, 0.05) is 11.0 Å². The molecule has 0 spiro atoms. The summed E-state index contributed by atoms with van der Waals surface area (Å²) in [5.74, 6) is 0. The van der Waals surface area contributed by atoms with Crippen molar-refractivity contribution in [2.24, 2.45) is 0 Å². The maximum absolute atomic E-state index is 3.66. The number of aryl methyl sites for hydroxylation is 1. The summed E-state index contributed by atoms with van der Waals surface area (Å²) in [6.07, 6.45) is 5.47. The molecule has 0 radical (unpaired) electrons. The minimum absolute atomic E-state index is 0.961. The van der Waals surface area contributed by atoms with Crippen molar-refractivity contribution in [2.75, 3.05) is 26.2 Å². The number of hydrogen-bond donors (Lipinski definition) is 1. The lowest BCUT2D eigenvalue weighted by Crippen LogP contribution is -2.32. The summed E-state index contributed by atoms with van der Waals surface area (Å²) in [5.41, 5.74) is 2.67. The molecular formula is C16H25BrN2. The first kappa shape index (κ1) is 15.0. The molecule has 1 saturated heterocycles. The van der Waals surface area contributed by atoms with E-state index in [-0.39, 0.29) is 0 Å². The molecule has 1 aliphatic rings. The molecule has 1 N–H and O–H groups in total. The molecule has 0 atom stereocenters. The van der Waals surface area contributed by atoms with Crippen LogP contribution in [0.4, 0.5) is 0 Å². The first-order valence-corrected chi connectivity index (χ1v) is 8.24. The lowest BCUT2D eigenvalue weighted by molar-refractivity contribution is 0.225. The van der Waals surface area contributed by atoms with Gasteiger partial charge < -0.3 is 10.2 Å². The van der Waals surface area contributed by atoms with E-state index in [2.05, 4.69) is 51.3 Å². The van der Waals surface area contributed by atoms with E-state index in [0.717, 1.165) is 13.1 Å². The van der Waals surface area contributed by atoms with Crippen LogP contribution < -0.4 is 5.32 Å². The van der Waals surface area contributed by atoms with Crippen molar-refractivity contribution in [1.82, 2.24) is 10.2 Å². The molecule has 0 saturated carbocycles. The summed E-state index contributed by atoms with van der Waals surface area (Å²) in [6.45, 7) is 8.08. The number of rotatable bonds is 6. The second-order valence-electron chi connectivity index (χ2n) is 5.48. The maximum Gasteiger partial charge on any atom is 0.0249 e. The number of likely N-dealkylation sites (tertiary alicyclic amines) is 1. The van der Waals surface area contributed by atoms with Crippen molar-refractivity contribution in [3.05, 3.63) is 33.8 Å².